The Kier molecular flexibility index (Phi) is 7.96. The standard InChI is InChI=1S/C23H28N6O.C2HF3O2/c1-27-13-10-18(16-27)24-23(30)20-14-21-25-19(17-8-4-2-5-9-17)15-22(29(21)26-20)28-11-6-3-7-12-28;3-2(4,5)1(6)7/h2,4-5,8-9,14-15,18H,3,6-7,10-13,16H2,1H3,(H,24,30);(H,6,7)/t18-;/m1./s1. The molecule has 3 aromatic rings. The second kappa shape index (κ2) is 11.2. The second-order valence-electron chi connectivity index (χ2n) is 9.24. The predicted octanol–water partition coefficient (Wildman–Crippen LogP) is 3.45. The largest absolute Gasteiger partial charge is 0.490 e. The van der Waals surface area contributed by atoms with E-state index in [1.165, 1.54) is 19.3 Å². The first-order valence-electron chi connectivity index (χ1n) is 12.1. The Hall–Kier alpha value is -3.67. The number of benzene rings is 1. The lowest BCUT2D eigenvalue weighted by Gasteiger charge is -2.29. The topological polar surface area (TPSA) is 103 Å². The van der Waals surface area contributed by atoms with Gasteiger partial charge in [0.2, 0.25) is 0 Å². The molecule has 2 N–H and O–H groups in total. The van der Waals surface area contributed by atoms with E-state index in [0.29, 0.717) is 11.3 Å². The monoisotopic (exact) mass is 518 g/mol. The molecular formula is C25H29F3N6O3. The molecule has 2 aromatic heterocycles. The first-order chi connectivity index (χ1) is 17.6. The number of rotatable bonds is 4. The number of aliphatic carboxylic acids is 1. The number of hydrogen-bond donors (Lipinski definition) is 2. The molecule has 9 nitrogen and oxygen atoms in total. The number of carbonyl (C=O) groups excluding carboxylic acids is 1. The number of piperidine rings is 1. The van der Waals surface area contributed by atoms with Gasteiger partial charge in [-0.2, -0.15) is 22.8 Å². The van der Waals surface area contributed by atoms with E-state index in [-0.39, 0.29) is 11.9 Å². The fourth-order valence-corrected chi connectivity index (χ4v) is 4.49. The number of hydrogen-bond acceptors (Lipinski definition) is 6. The second-order valence-corrected chi connectivity index (χ2v) is 9.24. The van der Waals surface area contributed by atoms with Crippen LogP contribution in [0.15, 0.2) is 42.5 Å². The summed E-state index contributed by atoms with van der Waals surface area (Å²) in [4.78, 5) is 31.2. The molecule has 5 rings (SSSR count). The maximum absolute atomic E-state index is 12.9. The maximum Gasteiger partial charge on any atom is 0.490 e. The lowest BCUT2D eigenvalue weighted by atomic mass is 10.1. The summed E-state index contributed by atoms with van der Waals surface area (Å²) in [7, 11) is 2.08. The number of halogens is 3. The Morgan fingerprint density at radius 2 is 1.73 bits per heavy atom. The van der Waals surface area contributed by atoms with Crippen molar-refractivity contribution in [2.24, 2.45) is 0 Å². The molecule has 37 heavy (non-hydrogen) atoms. The summed E-state index contributed by atoms with van der Waals surface area (Å²) in [6.45, 7) is 3.90. The zero-order chi connectivity index (χ0) is 26.6. The fourth-order valence-electron chi connectivity index (χ4n) is 4.49. The van der Waals surface area contributed by atoms with Gasteiger partial charge in [0.25, 0.3) is 5.91 Å². The van der Waals surface area contributed by atoms with Crippen LogP contribution in [0.25, 0.3) is 16.9 Å². The average Bonchev–Trinajstić information content (AvgIpc) is 3.50. The summed E-state index contributed by atoms with van der Waals surface area (Å²) in [5.41, 5.74) is 3.12. The van der Waals surface area contributed by atoms with Gasteiger partial charge in [-0.05, 0) is 39.3 Å². The van der Waals surface area contributed by atoms with E-state index in [0.717, 1.165) is 49.7 Å². The number of nitrogens with one attached hydrogen (secondary N) is 1. The van der Waals surface area contributed by atoms with Gasteiger partial charge in [0.1, 0.15) is 5.82 Å². The molecule has 2 saturated heterocycles. The normalized spacial score (nSPS) is 18.4. The summed E-state index contributed by atoms with van der Waals surface area (Å²) < 4.78 is 33.6. The molecule has 0 spiro atoms. The molecule has 1 atom stereocenters. The fraction of sp³-hybridized carbons (Fsp3) is 0.440. The first kappa shape index (κ1) is 26.4. The number of carboxylic acids is 1. The number of anilines is 1. The molecule has 0 unspecified atom stereocenters. The van der Waals surface area contributed by atoms with Gasteiger partial charge in [-0.15, -0.1) is 0 Å². The SMILES string of the molecule is CN1CC[C@@H](NC(=O)c2cc3nc(-c4ccccc4)cc(N4CCCCC4)n3n2)C1.O=C(O)C(F)(F)F. The van der Waals surface area contributed by atoms with Crippen molar-refractivity contribution in [3.8, 4) is 11.3 Å². The molecule has 198 valence electrons. The zero-order valence-corrected chi connectivity index (χ0v) is 20.4. The molecule has 12 heteroatoms. The Morgan fingerprint density at radius 3 is 2.32 bits per heavy atom. The van der Waals surface area contributed by atoms with Crippen LogP contribution < -0.4 is 10.2 Å². The number of aromatic nitrogens is 3. The highest BCUT2D eigenvalue weighted by Crippen LogP contribution is 2.27. The Labute approximate surface area is 211 Å². The van der Waals surface area contributed by atoms with E-state index < -0.39 is 12.1 Å². The van der Waals surface area contributed by atoms with E-state index in [1.54, 1.807) is 0 Å². The van der Waals surface area contributed by atoms with Crippen LogP contribution in [0.2, 0.25) is 0 Å². The highest BCUT2D eigenvalue weighted by Gasteiger charge is 2.38. The van der Waals surface area contributed by atoms with Gasteiger partial charge in [-0.1, -0.05) is 30.3 Å². The van der Waals surface area contributed by atoms with E-state index >= 15 is 0 Å². The third-order valence-electron chi connectivity index (χ3n) is 6.36. The van der Waals surface area contributed by atoms with Crippen LogP contribution in [-0.4, -0.2) is 81.9 Å². The number of likely N-dealkylation sites (tertiary alicyclic amines) is 1. The predicted molar refractivity (Wildman–Crippen MR) is 132 cm³/mol. The highest BCUT2D eigenvalue weighted by molar-refractivity contribution is 5.93. The van der Waals surface area contributed by atoms with E-state index in [9.17, 15) is 18.0 Å². The molecule has 1 amide bonds. The van der Waals surface area contributed by atoms with Crippen molar-refractivity contribution in [1.29, 1.82) is 0 Å². The van der Waals surface area contributed by atoms with Crippen molar-refractivity contribution in [3.05, 3.63) is 48.2 Å². The van der Waals surface area contributed by atoms with Crippen molar-refractivity contribution in [3.63, 3.8) is 0 Å². The Balaban J connectivity index is 0.000000405. The first-order valence-corrected chi connectivity index (χ1v) is 12.1. The third-order valence-corrected chi connectivity index (χ3v) is 6.36. The number of alkyl halides is 3. The molecule has 2 aliphatic rings. The number of nitrogens with zero attached hydrogens (tertiary/aromatic N) is 5. The Morgan fingerprint density at radius 1 is 1.05 bits per heavy atom. The third kappa shape index (κ3) is 6.56. The molecule has 1 aromatic carbocycles. The number of amides is 1. The van der Waals surface area contributed by atoms with E-state index in [2.05, 4.69) is 45.5 Å². The summed E-state index contributed by atoms with van der Waals surface area (Å²) in [5.74, 6) is -1.86. The van der Waals surface area contributed by atoms with E-state index in [1.807, 2.05) is 28.8 Å². The molecule has 4 heterocycles. The average molecular weight is 519 g/mol. The number of carboxylic acid groups (broad SMARTS) is 1. The molecule has 0 bridgehead atoms. The molecular weight excluding hydrogens is 489 g/mol. The van der Waals surface area contributed by atoms with Crippen molar-refractivity contribution in [2.75, 3.05) is 38.1 Å². The number of fused-ring (bicyclic) bond motifs is 1. The highest BCUT2D eigenvalue weighted by atomic mass is 19.4. The van der Waals surface area contributed by atoms with Crippen molar-refractivity contribution in [2.45, 2.75) is 37.9 Å². The van der Waals surface area contributed by atoms with Crippen LogP contribution in [0.5, 0.6) is 0 Å². The summed E-state index contributed by atoms with van der Waals surface area (Å²) in [6, 6.07) is 14.3. The van der Waals surface area contributed by atoms with Gasteiger partial charge in [0.05, 0.1) is 5.69 Å². The minimum Gasteiger partial charge on any atom is -0.475 e. The molecule has 0 aliphatic carbocycles. The quantitative estimate of drug-likeness (QED) is 0.545. The summed E-state index contributed by atoms with van der Waals surface area (Å²) >= 11 is 0. The molecule has 0 saturated carbocycles. The lowest BCUT2D eigenvalue weighted by Crippen LogP contribution is -2.36. The van der Waals surface area contributed by atoms with Gasteiger partial charge in [0, 0.05) is 43.4 Å². The van der Waals surface area contributed by atoms with Crippen LogP contribution >= 0.6 is 0 Å². The summed E-state index contributed by atoms with van der Waals surface area (Å²) in [6.07, 6.45) is -0.494. The minimum atomic E-state index is -5.08. The minimum absolute atomic E-state index is 0.119. The molecule has 2 fully saturated rings. The van der Waals surface area contributed by atoms with Gasteiger partial charge in [0.15, 0.2) is 11.3 Å². The van der Waals surface area contributed by atoms with Crippen molar-refractivity contribution < 1.29 is 27.9 Å². The zero-order valence-electron chi connectivity index (χ0n) is 20.4. The van der Waals surface area contributed by atoms with Crippen molar-refractivity contribution >= 4 is 23.3 Å². The number of carbonyl (C=O) groups is 2. The lowest BCUT2D eigenvalue weighted by molar-refractivity contribution is -0.192. The van der Waals surface area contributed by atoms with Crippen LogP contribution in [0, 0.1) is 0 Å². The molecule has 2 aliphatic heterocycles. The summed E-state index contributed by atoms with van der Waals surface area (Å²) in [5, 5.41) is 14.9. The Bertz CT molecular complexity index is 1240. The number of likely N-dealkylation sites (N-methyl/N-ethyl adjacent to an activating group) is 1. The van der Waals surface area contributed by atoms with Gasteiger partial charge >= 0.3 is 12.1 Å². The van der Waals surface area contributed by atoms with Crippen LogP contribution in [-0.2, 0) is 4.79 Å². The molecule has 0 radical (unpaired) electrons. The van der Waals surface area contributed by atoms with Gasteiger partial charge in [-0.25, -0.2) is 9.78 Å². The maximum atomic E-state index is 12.9. The van der Waals surface area contributed by atoms with E-state index in [4.69, 9.17) is 14.9 Å². The van der Waals surface area contributed by atoms with Gasteiger partial charge < -0.3 is 20.2 Å². The van der Waals surface area contributed by atoms with Gasteiger partial charge in [-0.3, -0.25) is 4.79 Å². The van der Waals surface area contributed by atoms with Crippen molar-refractivity contribution in [1.82, 2.24) is 24.8 Å². The van der Waals surface area contributed by atoms with Crippen LogP contribution in [0.3, 0.4) is 0 Å². The van der Waals surface area contributed by atoms with Crippen LogP contribution in [0.4, 0.5) is 19.0 Å². The smallest absolute Gasteiger partial charge is 0.475 e. The van der Waals surface area contributed by atoms with Crippen LogP contribution in [0.1, 0.15) is 36.2 Å².